The summed E-state index contributed by atoms with van der Waals surface area (Å²) in [5.74, 6) is -0.107. The first-order valence-electron chi connectivity index (χ1n) is 7.25. The summed E-state index contributed by atoms with van der Waals surface area (Å²) in [6, 6.07) is 5.98. The highest BCUT2D eigenvalue weighted by Gasteiger charge is 2.36. The van der Waals surface area contributed by atoms with E-state index in [1.807, 2.05) is 13.1 Å². The maximum atomic E-state index is 13.9. The molecule has 0 spiro atoms. The number of benzene rings is 1. The number of likely N-dealkylation sites (N-methyl/N-ethyl adjacent to an activating group) is 1. The van der Waals surface area contributed by atoms with Gasteiger partial charge in [-0.25, -0.2) is 4.39 Å². The van der Waals surface area contributed by atoms with Crippen molar-refractivity contribution in [2.24, 2.45) is 0 Å². The Labute approximate surface area is 128 Å². The topological polar surface area (TPSA) is 18.5 Å². The monoisotopic (exact) mass is 341 g/mol. The summed E-state index contributed by atoms with van der Waals surface area (Å²) in [4.78, 5) is 5.07. The fraction of sp³-hybridized carbons (Fsp3) is 0.600. The van der Waals surface area contributed by atoms with Crippen molar-refractivity contribution in [1.29, 1.82) is 0 Å². The van der Waals surface area contributed by atoms with Gasteiger partial charge in [-0.15, -0.1) is 0 Å². The van der Waals surface area contributed by atoms with Gasteiger partial charge in [-0.3, -0.25) is 9.80 Å². The van der Waals surface area contributed by atoms with Crippen LogP contribution < -0.4 is 5.32 Å². The van der Waals surface area contributed by atoms with Crippen molar-refractivity contribution in [2.45, 2.75) is 18.5 Å². The molecule has 2 bridgehead atoms. The van der Waals surface area contributed by atoms with E-state index in [0.717, 1.165) is 36.1 Å². The van der Waals surface area contributed by atoms with Crippen LogP contribution in [0, 0.1) is 5.82 Å². The van der Waals surface area contributed by atoms with E-state index in [0.29, 0.717) is 12.1 Å². The van der Waals surface area contributed by atoms with Crippen molar-refractivity contribution in [2.75, 3.05) is 39.8 Å². The lowest BCUT2D eigenvalue weighted by Crippen LogP contribution is -2.66. The van der Waals surface area contributed by atoms with Crippen molar-refractivity contribution >= 4 is 15.9 Å². The van der Waals surface area contributed by atoms with Gasteiger partial charge < -0.3 is 5.32 Å². The van der Waals surface area contributed by atoms with E-state index >= 15 is 0 Å². The van der Waals surface area contributed by atoms with Crippen LogP contribution >= 0.6 is 15.9 Å². The lowest BCUT2D eigenvalue weighted by Gasteiger charge is -2.50. The van der Waals surface area contributed by atoms with Crippen LogP contribution in [0.1, 0.15) is 5.56 Å². The number of hydrogen-bond donors (Lipinski definition) is 1. The van der Waals surface area contributed by atoms with Gasteiger partial charge in [0.05, 0.1) is 0 Å². The van der Waals surface area contributed by atoms with E-state index in [9.17, 15) is 4.39 Å². The van der Waals surface area contributed by atoms with E-state index in [4.69, 9.17) is 0 Å². The summed E-state index contributed by atoms with van der Waals surface area (Å²) in [5.41, 5.74) is 0.788. The molecule has 3 aliphatic rings. The van der Waals surface area contributed by atoms with Gasteiger partial charge in [0.25, 0.3) is 0 Å². The Kier molecular flexibility index (Phi) is 4.40. The van der Waals surface area contributed by atoms with Gasteiger partial charge in [-0.2, -0.15) is 0 Å². The van der Waals surface area contributed by atoms with Gasteiger partial charge in [0.1, 0.15) is 5.82 Å². The Hall–Kier alpha value is -0.490. The van der Waals surface area contributed by atoms with Crippen molar-refractivity contribution in [3.63, 3.8) is 0 Å². The van der Waals surface area contributed by atoms with Crippen LogP contribution in [-0.2, 0) is 6.42 Å². The quantitative estimate of drug-likeness (QED) is 0.899. The molecule has 2 atom stereocenters. The van der Waals surface area contributed by atoms with E-state index in [-0.39, 0.29) is 5.82 Å². The van der Waals surface area contributed by atoms with Crippen LogP contribution in [-0.4, -0.2) is 61.7 Å². The summed E-state index contributed by atoms with van der Waals surface area (Å²) < 4.78 is 14.9. The molecule has 5 heteroatoms. The molecule has 20 heavy (non-hydrogen) atoms. The molecule has 2 unspecified atom stereocenters. The van der Waals surface area contributed by atoms with Gasteiger partial charge in [0, 0.05) is 49.3 Å². The molecule has 1 N–H and O–H groups in total. The fourth-order valence-corrected chi connectivity index (χ4v) is 3.81. The van der Waals surface area contributed by atoms with E-state index in [1.165, 1.54) is 13.1 Å². The lowest BCUT2D eigenvalue weighted by molar-refractivity contribution is -0.00212. The first-order valence-corrected chi connectivity index (χ1v) is 8.04. The van der Waals surface area contributed by atoms with Gasteiger partial charge >= 0.3 is 0 Å². The zero-order valence-electron chi connectivity index (χ0n) is 11.8. The van der Waals surface area contributed by atoms with Gasteiger partial charge in [-0.1, -0.05) is 15.9 Å². The molecule has 3 heterocycles. The Bertz CT molecular complexity index is 474. The molecule has 3 aliphatic heterocycles. The second-order valence-electron chi connectivity index (χ2n) is 5.74. The van der Waals surface area contributed by atoms with Crippen LogP contribution in [0.4, 0.5) is 4.39 Å². The molecule has 0 aromatic heterocycles. The second kappa shape index (κ2) is 6.10. The van der Waals surface area contributed by atoms with Crippen molar-refractivity contribution in [3.05, 3.63) is 34.1 Å². The minimum absolute atomic E-state index is 0.107. The predicted molar refractivity (Wildman–Crippen MR) is 82.5 cm³/mol. The first kappa shape index (κ1) is 14.4. The molecular weight excluding hydrogens is 321 g/mol. The molecule has 0 aliphatic carbocycles. The number of fused-ring (bicyclic) bond motifs is 3. The average molecular weight is 342 g/mol. The Balaban J connectivity index is 1.75. The standard InChI is InChI=1S/C15H21BrFN3/c1-18-14(9-11-8-12(16)2-3-13(11)17)15-10-19-4-6-20(15)7-5-19/h2-3,8,14-15,18H,4-7,9-10H2,1H3. The number of nitrogens with one attached hydrogen (secondary N) is 1. The molecule has 1 aromatic rings. The minimum Gasteiger partial charge on any atom is -0.315 e. The number of rotatable bonds is 4. The third kappa shape index (κ3) is 2.91. The van der Waals surface area contributed by atoms with Crippen molar-refractivity contribution in [1.82, 2.24) is 15.1 Å². The molecule has 3 fully saturated rings. The molecule has 0 radical (unpaired) electrons. The summed E-state index contributed by atoms with van der Waals surface area (Å²) >= 11 is 3.43. The van der Waals surface area contributed by atoms with E-state index in [2.05, 4.69) is 31.0 Å². The third-order valence-electron chi connectivity index (χ3n) is 4.60. The predicted octanol–water partition coefficient (Wildman–Crippen LogP) is 1.72. The molecule has 1 aromatic carbocycles. The zero-order valence-corrected chi connectivity index (χ0v) is 13.4. The summed E-state index contributed by atoms with van der Waals surface area (Å²) in [6.45, 7) is 5.74. The molecule has 0 saturated carbocycles. The molecular formula is C15H21BrFN3. The normalized spacial score (nSPS) is 30.4. The molecule has 3 saturated heterocycles. The molecule has 110 valence electrons. The summed E-state index contributed by atoms with van der Waals surface area (Å²) in [7, 11) is 1.99. The van der Waals surface area contributed by atoms with Gasteiger partial charge in [-0.05, 0) is 37.2 Å². The number of hydrogen-bond acceptors (Lipinski definition) is 3. The van der Waals surface area contributed by atoms with Crippen LogP contribution in [0.5, 0.6) is 0 Å². The van der Waals surface area contributed by atoms with Crippen molar-refractivity contribution < 1.29 is 4.39 Å². The number of halogens is 2. The zero-order chi connectivity index (χ0) is 14.1. The SMILES string of the molecule is CNC(Cc1cc(Br)ccc1F)C1CN2CCN1CC2. The van der Waals surface area contributed by atoms with Crippen LogP contribution in [0.3, 0.4) is 0 Å². The van der Waals surface area contributed by atoms with Crippen LogP contribution in [0.15, 0.2) is 22.7 Å². The van der Waals surface area contributed by atoms with Gasteiger partial charge in [0.2, 0.25) is 0 Å². The van der Waals surface area contributed by atoms with Gasteiger partial charge in [0.15, 0.2) is 0 Å². The van der Waals surface area contributed by atoms with E-state index < -0.39 is 0 Å². The third-order valence-corrected chi connectivity index (χ3v) is 5.10. The smallest absolute Gasteiger partial charge is 0.126 e. The highest BCUT2D eigenvalue weighted by atomic mass is 79.9. The Morgan fingerprint density at radius 2 is 2.10 bits per heavy atom. The second-order valence-corrected chi connectivity index (χ2v) is 6.65. The number of nitrogens with zero attached hydrogens (tertiary/aromatic N) is 2. The van der Waals surface area contributed by atoms with Crippen molar-refractivity contribution in [3.8, 4) is 0 Å². The molecule has 4 rings (SSSR count). The largest absolute Gasteiger partial charge is 0.315 e. The van der Waals surface area contributed by atoms with Crippen LogP contribution in [0.25, 0.3) is 0 Å². The summed E-state index contributed by atoms with van der Waals surface area (Å²) in [6.07, 6.45) is 0.733. The highest BCUT2D eigenvalue weighted by molar-refractivity contribution is 9.10. The fourth-order valence-electron chi connectivity index (χ4n) is 3.41. The minimum atomic E-state index is -0.107. The summed E-state index contributed by atoms with van der Waals surface area (Å²) in [5, 5.41) is 3.40. The molecule has 0 amide bonds. The average Bonchev–Trinajstić information content (AvgIpc) is 2.49. The number of piperazine rings is 3. The first-order chi connectivity index (χ1) is 9.67. The maximum absolute atomic E-state index is 13.9. The van der Waals surface area contributed by atoms with Crippen LogP contribution in [0.2, 0.25) is 0 Å². The van der Waals surface area contributed by atoms with E-state index in [1.54, 1.807) is 12.1 Å². The lowest BCUT2D eigenvalue weighted by atomic mass is 9.94. The Morgan fingerprint density at radius 3 is 2.70 bits per heavy atom. The Morgan fingerprint density at radius 1 is 1.35 bits per heavy atom. The molecule has 3 nitrogen and oxygen atoms in total. The maximum Gasteiger partial charge on any atom is 0.126 e. The highest BCUT2D eigenvalue weighted by Crippen LogP contribution is 2.22.